The molecule has 3 nitrogen and oxygen atoms in total. The quantitative estimate of drug-likeness (QED) is 0.799. The van der Waals surface area contributed by atoms with Crippen LogP contribution in [0, 0.1) is 12.7 Å². The zero-order valence-electron chi connectivity index (χ0n) is 8.42. The lowest BCUT2D eigenvalue weighted by molar-refractivity contribution is -0.124. The lowest BCUT2D eigenvalue weighted by atomic mass is 10.2. The lowest BCUT2D eigenvalue weighted by Gasteiger charge is -2.11. The molecule has 0 aliphatic carbocycles. The lowest BCUT2D eigenvalue weighted by Crippen LogP contribution is -2.27. The van der Waals surface area contributed by atoms with Crippen LogP contribution in [0.4, 0.5) is 4.39 Å². The molecule has 15 heavy (non-hydrogen) atoms. The van der Waals surface area contributed by atoms with Crippen molar-refractivity contribution in [3.63, 3.8) is 0 Å². The SMILES string of the molecule is Cc1ccc(O[C@@H]2CCNC2=O)cc1F. The van der Waals surface area contributed by atoms with Crippen LogP contribution >= 0.6 is 0 Å². The molecule has 0 aromatic heterocycles. The van der Waals surface area contributed by atoms with E-state index in [-0.39, 0.29) is 11.7 Å². The number of amides is 1. The summed E-state index contributed by atoms with van der Waals surface area (Å²) in [7, 11) is 0. The van der Waals surface area contributed by atoms with Gasteiger partial charge in [-0.05, 0) is 18.6 Å². The summed E-state index contributed by atoms with van der Waals surface area (Å²) in [4.78, 5) is 11.2. The predicted molar refractivity (Wildman–Crippen MR) is 53.2 cm³/mol. The summed E-state index contributed by atoms with van der Waals surface area (Å²) in [6.07, 6.45) is 0.154. The van der Waals surface area contributed by atoms with Crippen molar-refractivity contribution in [3.05, 3.63) is 29.6 Å². The van der Waals surface area contributed by atoms with Crippen molar-refractivity contribution in [2.45, 2.75) is 19.4 Å². The third-order valence-corrected chi connectivity index (χ3v) is 2.42. The number of rotatable bonds is 2. The van der Waals surface area contributed by atoms with Crippen molar-refractivity contribution in [2.24, 2.45) is 0 Å². The van der Waals surface area contributed by atoms with Crippen molar-refractivity contribution in [2.75, 3.05) is 6.54 Å². The summed E-state index contributed by atoms with van der Waals surface area (Å²) in [5.74, 6) is -0.0398. The monoisotopic (exact) mass is 209 g/mol. The van der Waals surface area contributed by atoms with Crippen LogP contribution < -0.4 is 10.1 Å². The van der Waals surface area contributed by atoms with Gasteiger partial charge in [0.1, 0.15) is 11.6 Å². The van der Waals surface area contributed by atoms with Gasteiger partial charge in [0.05, 0.1) is 0 Å². The summed E-state index contributed by atoms with van der Waals surface area (Å²) in [6, 6.07) is 4.61. The van der Waals surface area contributed by atoms with E-state index >= 15 is 0 Å². The first kappa shape index (κ1) is 9.96. The highest BCUT2D eigenvalue weighted by molar-refractivity contribution is 5.83. The molecule has 2 rings (SSSR count). The van der Waals surface area contributed by atoms with Crippen molar-refractivity contribution in [3.8, 4) is 5.75 Å². The molecular formula is C11H12FNO2. The molecule has 1 saturated heterocycles. The Bertz CT molecular complexity index is 392. The minimum absolute atomic E-state index is 0.129. The Morgan fingerprint density at radius 1 is 1.53 bits per heavy atom. The Kier molecular flexibility index (Phi) is 2.58. The van der Waals surface area contributed by atoms with E-state index in [2.05, 4.69) is 5.32 Å². The first-order chi connectivity index (χ1) is 7.16. The van der Waals surface area contributed by atoms with Gasteiger partial charge >= 0.3 is 0 Å². The van der Waals surface area contributed by atoms with Crippen LogP contribution in [-0.2, 0) is 4.79 Å². The van der Waals surface area contributed by atoms with Crippen molar-refractivity contribution < 1.29 is 13.9 Å². The maximum Gasteiger partial charge on any atom is 0.261 e. The summed E-state index contributed by atoms with van der Waals surface area (Å²) in [5, 5.41) is 2.66. The fourth-order valence-electron chi connectivity index (χ4n) is 1.49. The number of carbonyl (C=O) groups excluding carboxylic acids is 1. The number of carbonyl (C=O) groups is 1. The number of hydrogen-bond donors (Lipinski definition) is 1. The van der Waals surface area contributed by atoms with Gasteiger partial charge in [0.2, 0.25) is 0 Å². The van der Waals surface area contributed by atoms with E-state index in [1.165, 1.54) is 6.07 Å². The number of benzene rings is 1. The van der Waals surface area contributed by atoms with E-state index in [1.54, 1.807) is 19.1 Å². The summed E-state index contributed by atoms with van der Waals surface area (Å²) >= 11 is 0. The van der Waals surface area contributed by atoms with Gasteiger partial charge < -0.3 is 10.1 Å². The largest absolute Gasteiger partial charge is 0.480 e. The summed E-state index contributed by atoms with van der Waals surface area (Å²) in [6.45, 7) is 2.30. The summed E-state index contributed by atoms with van der Waals surface area (Å²) in [5.41, 5.74) is 0.568. The molecule has 1 aliphatic rings. The molecule has 1 aromatic carbocycles. The second-order valence-electron chi connectivity index (χ2n) is 3.60. The number of halogens is 1. The Labute approximate surface area is 87.2 Å². The second kappa shape index (κ2) is 3.88. The van der Waals surface area contributed by atoms with Crippen LogP contribution in [0.25, 0.3) is 0 Å². The van der Waals surface area contributed by atoms with E-state index in [9.17, 15) is 9.18 Å². The molecule has 0 saturated carbocycles. The molecule has 1 aromatic rings. The first-order valence-electron chi connectivity index (χ1n) is 4.87. The standard InChI is InChI=1S/C11H12FNO2/c1-7-2-3-8(6-9(7)12)15-10-4-5-13-11(10)14/h2-3,6,10H,4-5H2,1H3,(H,13,14)/t10-/m1/s1. The Morgan fingerprint density at radius 2 is 2.33 bits per heavy atom. The maximum atomic E-state index is 13.2. The molecule has 1 fully saturated rings. The molecule has 1 atom stereocenters. The van der Waals surface area contributed by atoms with Crippen LogP contribution in [0.2, 0.25) is 0 Å². The van der Waals surface area contributed by atoms with Gasteiger partial charge in [-0.3, -0.25) is 4.79 Å². The van der Waals surface area contributed by atoms with E-state index in [0.29, 0.717) is 24.3 Å². The number of aryl methyl sites for hydroxylation is 1. The van der Waals surface area contributed by atoms with Gasteiger partial charge in [0.15, 0.2) is 6.10 Å². The normalized spacial score (nSPS) is 20.1. The highest BCUT2D eigenvalue weighted by Crippen LogP contribution is 2.19. The molecule has 1 amide bonds. The topological polar surface area (TPSA) is 38.3 Å². The van der Waals surface area contributed by atoms with Crippen LogP contribution in [0.3, 0.4) is 0 Å². The molecule has 4 heteroatoms. The Hall–Kier alpha value is -1.58. The molecule has 1 aliphatic heterocycles. The van der Waals surface area contributed by atoms with Crippen molar-refractivity contribution in [1.29, 1.82) is 0 Å². The van der Waals surface area contributed by atoms with Gasteiger partial charge in [-0.2, -0.15) is 0 Å². The minimum Gasteiger partial charge on any atom is -0.480 e. The number of ether oxygens (including phenoxy) is 1. The average Bonchev–Trinajstić information content (AvgIpc) is 2.59. The Balaban J connectivity index is 2.10. The number of hydrogen-bond acceptors (Lipinski definition) is 2. The zero-order valence-corrected chi connectivity index (χ0v) is 8.42. The maximum absolute atomic E-state index is 13.2. The highest BCUT2D eigenvalue weighted by atomic mass is 19.1. The number of nitrogens with one attached hydrogen (secondary N) is 1. The molecule has 1 N–H and O–H groups in total. The van der Waals surface area contributed by atoms with E-state index in [4.69, 9.17) is 4.74 Å². The van der Waals surface area contributed by atoms with E-state index in [1.807, 2.05) is 0 Å². The molecule has 0 spiro atoms. The Morgan fingerprint density at radius 3 is 2.93 bits per heavy atom. The predicted octanol–water partition coefficient (Wildman–Crippen LogP) is 1.40. The van der Waals surface area contributed by atoms with Gasteiger partial charge in [-0.1, -0.05) is 6.07 Å². The van der Waals surface area contributed by atoms with E-state index < -0.39 is 6.10 Å². The molecule has 0 bridgehead atoms. The fourth-order valence-corrected chi connectivity index (χ4v) is 1.49. The molecule has 1 heterocycles. The zero-order chi connectivity index (χ0) is 10.8. The molecular weight excluding hydrogens is 197 g/mol. The van der Waals surface area contributed by atoms with Gasteiger partial charge in [0.25, 0.3) is 5.91 Å². The second-order valence-corrected chi connectivity index (χ2v) is 3.60. The average molecular weight is 209 g/mol. The first-order valence-corrected chi connectivity index (χ1v) is 4.87. The van der Waals surface area contributed by atoms with Crippen LogP contribution in [0.5, 0.6) is 5.75 Å². The fraction of sp³-hybridized carbons (Fsp3) is 0.364. The molecule has 0 radical (unpaired) electrons. The molecule has 0 unspecified atom stereocenters. The van der Waals surface area contributed by atoms with E-state index in [0.717, 1.165) is 0 Å². The van der Waals surface area contributed by atoms with Crippen molar-refractivity contribution >= 4 is 5.91 Å². The highest BCUT2D eigenvalue weighted by Gasteiger charge is 2.25. The van der Waals surface area contributed by atoms with Crippen LogP contribution in [0.1, 0.15) is 12.0 Å². The van der Waals surface area contributed by atoms with Crippen LogP contribution in [-0.4, -0.2) is 18.6 Å². The summed E-state index contributed by atoms with van der Waals surface area (Å²) < 4.78 is 18.5. The molecule has 80 valence electrons. The van der Waals surface area contributed by atoms with Gasteiger partial charge in [0, 0.05) is 19.0 Å². The van der Waals surface area contributed by atoms with Gasteiger partial charge in [-0.15, -0.1) is 0 Å². The smallest absolute Gasteiger partial charge is 0.261 e. The third kappa shape index (κ3) is 2.09. The van der Waals surface area contributed by atoms with Gasteiger partial charge in [-0.25, -0.2) is 4.39 Å². The van der Waals surface area contributed by atoms with Crippen LogP contribution in [0.15, 0.2) is 18.2 Å². The third-order valence-electron chi connectivity index (χ3n) is 2.42. The minimum atomic E-state index is -0.480. The van der Waals surface area contributed by atoms with Crippen molar-refractivity contribution in [1.82, 2.24) is 5.32 Å².